The Morgan fingerprint density at radius 3 is 2.75 bits per heavy atom. The number of hydrogen-bond acceptors (Lipinski definition) is 5. The fraction of sp³-hybridized carbons (Fsp3) is 0.444. The van der Waals surface area contributed by atoms with E-state index in [9.17, 15) is 15.0 Å². The number of aliphatic hydroxyl groups excluding tert-OH is 2. The number of amides is 1. The van der Waals surface area contributed by atoms with Gasteiger partial charge in [-0.2, -0.15) is 0 Å². The van der Waals surface area contributed by atoms with Gasteiger partial charge in [-0.05, 0) is 51.0 Å². The zero-order chi connectivity index (χ0) is 17.7. The normalized spacial score (nSPS) is 14.2. The molecule has 0 spiro atoms. The Morgan fingerprint density at radius 1 is 1.29 bits per heavy atom. The molecule has 2 atom stereocenters. The van der Waals surface area contributed by atoms with Gasteiger partial charge in [0.15, 0.2) is 0 Å². The van der Waals surface area contributed by atoms with Crippen molar-refractivity contribution in [2.75, 3.05) is 6.54 Å². The smallest absolute Gasteiger partial charge is 0.407 e. The van der Waals surface area contributed by atoms with E-state index < -0.39 is 23.9 Å². The second-order valence-corrected chi connectivity index (χ2v) is 6.69. The van der Waals surface area contributed by atoms with Crippen molar-refractivity contribution >= 4 is 17.0 Å². The zero-order valence-corrected chi connectivity index (χ0v) is 14.2. The van der Waals surface area contributed by atoms with E-state index >= 15 is 0 Å². The number of nitrogens with one attached hydrogen (secondary N) is 1. The van der Waals surface area contributed by atoms with Gasteiger partial charge in [-0.1, -0.05) is 12.1 Å². The first-order valence-corrected chi connectivity index (χ1v) is 7.94. The number of carbonyl (C=O) groups excluding carboxylic acids is 1. The van der Waals surface area contributed by atoms with Crippen molar-refractivity contribution in [3.63, 3.8) is 0 Å². The van der Waals surface area contributed by atoms with Gasteiger partial charge in [0.2, 0.25) is 0 Å². The second-order valence-electron chi connectivity index (χ2n) is 6.69. The lowest BCUT2D eigenvalue weighted by Crippen LogP contribution is -2.34. The van der Waals surface area contributed by atoms with Crippen LogP contribution < -0.4 is 5.32 Å². The Kier molecular flexibility index (Phi) is 5.75. The number of carbonyl (C=O) groups is 1. The molecule has 24 heavy (non-hydrogen) atoms. The van der Waals surface area contributed by atoms with E-state index in [-0.39, 0.29) is 13.0 Å². The number of benzene rings is 1. The van der Waals surface area contributed by atoms with Crippen LogP contribution in [-0.4, -0.2) is 39.5 Å². The molecule has 0 fully saturated rings. The monoisotopic (exact) mass is 332 g/mol. The van der Waals surface area contributed by atoms with E-state index in [2.05, 4.69) is 10.3 Å². The molecule has 3 N–H and O–H groups in total. The number of pyridine rings is 1. The number of aliphatic hydroxyl groups is 2. The molecule has 1 heterocycles. The van der Waals surface area contributed by atoms with Crippen molar-refractivity contribution in [1.29, 1.82) is 0 Å². The van der Waals surface area contributed by atoms with Gasteiger partial charge in [0.05, 0.1) is 11.6 Å². The Morgan fingerprint density at radius 2 is 2.04 bits per heavy atom. The summed E-state index contributed by atoms with van der Waals surface area (Å²) in [6, 6.07) is 9.07. The molecule has 1 aromatic heterocycles. The Bertz CT molecular complexity index is 697. The summed E-state index contributed by atoms with van der Waals surface area (Å²) in [5.74, 6) is 0. The van der Waals surface area contributed by atoms with E-state index in [0.29, 0.717) is 5.56 Å². The van der Waals surface area contributed by atoms with Crippen LogP contribution in [0.5, 0.6) is 0 Å². The summed E-state index contributed by atoms with van der Waals surface area (Å²) < 4.78 is 5.11. The van der Waals surface area contributed by atoms with E-state index in [0.717, 1.165) is 10.9 Å². The molecule has 6 nitrogen and oxygen atoms in total. The van der Waals surface area contributed by atoms with E-state index in [1.54, 1.807) is 45.2 Å². The number of rotatable bonds is 5. The number of nitrogens with zero attached hydrogens (tertiary/aromatic N) is 1. The van der Waals surface area contributed by atoms with Crippen LogP contribution in [0.4, 0.5) is 4.79 Å². The largest absolute Gasteiger partial charge is 0.444 e. The molecule has 0 radical (unpaired) electrons. The van der Waals surface area contributed by atoms with Crippen LogP contribution >= 0.6 is 0 Å². The quantitative estimate of drug-likeness (QED) is 0.782. The van der Waals surface area contributed by atoms with Gasteiger partial charge >= 0.3 is 6.09 Å². The third-order valence-electron chi connectivity index (χ3n) is 3.44. The van der Waals surface area contributed by atoms with Crippen molar-refractivity contribution in [1.82, 2.24) is 10.3 Å². The van der Waals surface area contributed by atoms with Gasteiger partial charge in [-0.3, -0.25) is 4.98 Å². The summed E-state index contributed by atoms with van der Waals surface area (Å²) in [6.45, 7) is 5.54. The summed E-state index contributed by atoms with van der Waals surface area (Å²) in [4.78, 5) is 15.8. The summed E-state index contributed by atoms with van der Waals surface area (Å²) in [5, 5.41) is 23.9. The second kappa shape index (κ2) is 7.59. The lowest BCUT2D eigenvalue weighted by atomic mass is 10.0. The maximum absolute atomic E-state index is 11.5. The first-order chi connectivity index (χ1) is 11.3. The van der Waals surface area contributed by atoms with Crippen LogP contribution in [0.1, 0.15) is 38.9 Å². The highest BCUT2D eigenvalue weighted by molar-refractivity contribution is 5.79. The molecule has 6 heteroatoms. The highest BCUT2D eigenvalue weighted by atomic mass is 16.6. The number of hydrogen-bond donors (Lipinski definition) is 3. The number of fused-ring (bicyclic) bond motifs is 1. The number of ether oxygens (including phenoxy) is 1. The molecule has 130 valence electrons. The minimum Gasteiger partial charge on any atom is -0.444 e. The molecule has 0 saturated heterocycles. The molecule has 0 aliphatic carbocycles. The lowest BCUT2D eigenvalue weighted by molar-refractivity contribution is 0.0124. The highest BCUT2D eigenvalue weighted by Crippen LogP contribution is 2.22. The molecule has 2 unspecified atom stereocenters. The van der Waals surface area contributed by atoms with Crippen molar-refractivity contribution in [3.05, 3.63) is 42.1 Å². The molecule has 0 aliphatic rings. The van der Waals surface area contributed by atoms with Crippen molar-refractivity contribution < 1.29 is 19.7 Å². The fourth-order valence-corrected chi connectivity index (χ4v) is 2.29. The third kappa shape index (κ3) is 5.18. The molecule has 2 aromatic rings. The fourth-order valence-electron chi connectivity index (χ4n) is 2.29. The number of alkyl carbamates (subject to hydrolysis) is 1. The maximum atomic E-state index is 11.5. The van der Waals surface area contributed by atoms with Crippen molar-refractivity contribution in [2.24, 2.45) is 0 Å². The average Bonchev–Trinajstić information content (AvgIpc) is 2.51. The molecule has 0 aliphatic heterocycles. The molecule has 0 saturated carbocycles. The third-order valence-corrected chi connectivity index (χ3v) is 3.44. The van der Waals surface area contributed by atoms with Gasteiger partial charge in [-0.25, -0.2) is 4.79 Å². The first kappa shape index (κ1) is 18.2. The van der Waals surface area contributed by atoms with Gasteiger partial charge in [0.1, 0.15) is 11.7 Å². The van der Waals surface area contributed by atoms with Crippen LogP contribution in [0.25, 0.3) is 10.9 Å². The summed E-state index contributed by atoms with van der Waals surface area (Å²) in [7, 11) is 0. The van der Waals surface area contributed by atoms with Crippen LogP contribution in [0.3, 0.4) is 0 Å². The van der Waals surface area contributed by atoms with Gasteiger partial charge in [0, 0.05) is 18.1 Å². The minimum absolute atomic E-state index is 0.211. The van der Waals surface area contributed by atoms with Gasteiger partial charge in [-0.15, -0.1) is 0 Å². The Labute approximate surface area is 141 Å². The number of aromatic nitrogens is 1. The lowest BCUT2D eigenvalue weighted by Gasteiger charge is -2.21. The van der Waals surface area contributed by atoms with Crippen molar-refractivity contribution in [2.45, 2.75) is 45.0 Å². The Balaban J connectivity index is 1.89. The van der Waals surface area contributed by atoms with Crippen LogP contribution in [0.2, 0.25) is 0 Å². The molecule has 1 aromatic carbocycles. The van der Waals surface area contributed by atoms with Crippen LogP contribution in [0, 0.1) is 0 Å². The standard InChI is InChI=1S/C18H24N2O4/c1-18(2,3)24-17(23)20-10-8-15(21)16(22)13-6-7-14-12(11-13)5-4-9-19-14/h4-7,9,11,15-16,21-22H,8,10H2,1-3H3,(H,20,23). The maximum Gasteiger partial charge on any atom is 0.407 e. The Hall–Kier alpha value is -2.18. The summed E-state index contributed by atoms with van der Waals surface area (Å²) in [6.07, 6.45) is -0.647. The first-order valence-electron chi connectivity index (χ1n) is 7.94. The average molecular weight is 332 g/mol. The molecule has 1 amide bonds. The predicted octanol–water partition coefficient (Wildman–Crippen LogP) is 2.54. The van der Waals surface area contributed by atoms with E-state index in [1.165, 1.54) is 0 Å². The topological polar surface area (TPSA) is 91.7 Å². The van der Waals surface area contributed by atoms with Gasteiger partial charge < -0.3 is 20.3 Å². The predicted molar refractivity (Wildman–Crippen MR) is 91.6 cm³/mol. The molecule has 0 bridgehead atoms. The van der Waals surface area contributed by atoms with E-state index in [4.69, 9.17) is 4.74 Å². The van der Waals surface area contributed by atoms with Crippen LogP contribution in [-0.2, 0) is 4.74 Å². The van der Waals surface area contributed by atoms with E-state index in [1.807, 2.05) is 12.1 Å². The summed E-state index contributed by atoms with van der Waals surface area (Å²) in [5.41, 5.74) is 0.872. The summed E-state index contributed by atoms with van der Waals surface area (Å²) >= 11 is 0. The molecular formula is C18H24N2O4. The zero-order valence-electron chi connectivity index (χ0n) is 14.2. The van der Waals surface area contributed by atoms with Gasteiger partial charge in [0.25, 0.3) is 0 Å². The SMILES string of the molecule is CC(C)(C)OC(=O)NCCC(O)C(O)c1ccc2ncccc2c1. The molecule has 2 rings (SSSR count). The van der Waals surface area contributed by atoms with Crippen molar-refractivity contribution in [3.8, 4) is 0 Å². The minimum atomic E-state index is -1.03. The highest BCUT2D eigenvalue weighted by Gasteiger charge is 2.20. The van der Waals surface area contributed by atoms with Crippen LogP contribution in [0.15, 0.2) is 36.5 Å². The molecular weight excluding hydrogens is 308 g/mol.